The first-order chi connectivity index (χ1) is 18.3. The SMILES string of the molecule is C=C(C)CNC(=O)C(c1cc2ccccc2cc1OC)N(CCc1cnoc1)C(=O)CCCC(=O)NCC. The molecule has 2 N–H and O–H groups in total. The lowest BCUT2D eigenvalue weighted by atomic mass is 9.97. The Morgan fingerprint density at radius 2 is 1.87 bits per heavy atom. The maximum Gasteiger partial charge on any atom is 0.247 e. The van der Waals surface area contributed by atoms with Crippen molar-refractivity contribution < 1.29 is 23.6 Å². The lowest BCUT2D eigenvalue weighted by Gasteiger charge is -2.32. The highest BCUT2D eigenvalue weighted by molar-refractivity contribution is 5.92. The van der Waals surface area contributed by atoms with Crippen molar-refractivity contribution in [3.63, 3.8) is 0 Å². The molecule has 9 heteroatoms. The van der Waals surface area contributed by atoms with Crippen molar-refractivity contribution in [2.24, 2.45) is 0 Å². The summed E-state index contributed by atoms with van der Waals surface area (Å²) in [6, 6.07) is 10.6. The molecule has 202 valence electrons. The van der Waals surface area contributed by atoms with Crippen molar-refractivity contribution >= 4 is 28.5 Å². The number of nitrogens with one attached hydrogen (secondary N) is 2. The third-order valence-corrected chi connectivity index (χ3v) is 6.13. The highest BCUT2D eigenvalue weighted by atomic mass is 16.5. The Hall–Kier alpha value is -4.14. The Bertz CT molecular complexity index is 1260. The summed E-state index contributed by atoms with van der Waals surface area (Å²) < 4.78 is 10.7. The number of nitrogens with zero attached hydrogens (tertiary/aromatic N) is 2. The molecule has 0 saturated heterocycles. The normalized spacial score (nSPS) is 11.6. The van der Waals surface area contributed by atoms with Crippen LogP contribution in [0.15, 0.2) is 65.5 Å². The summed E-state index contributed by atoms with van der Waals surface area (Å²) >= 11 is 0. The number of hydrogen-bond donors (Lipinski definition) is 2. The van der Waals surface area contributed by atoms with Crippen molar-refractivity contribution in [2.45, 2.75) is 45.6 Å². The molecule has 1 heterocycles. The van der Waals surface area contributed by atoms with Gasteiger partial charge in [-0.3, -0.25) is 14.4 Å². The monoisotopic (exact) mass is 520 g/mol. The summed E-state index contributed by atoms with van der Waals surface area (Å²) in [4.78, 5) is 40.9. The Kier molecular flexibility index (Phi) is 10.5. The topological polar surface area (TPSA) is 114 Å². The molecule has 1 unspecified atom stereocenters. The molecule has 0 spiro atoms. The molecule has 0 aliphatic rings. The zero-order chi connectivity index (χ0) is 27.5. The van der Waals surface area contributed by atoms with E-state index in [0.29, 0.717) is 30.7 Å². The van der Waals surface area contributed by atoms with Crippen molar-refractivity contribution in [3.05, 3.63) is 72.1 Å². The van der Waals surface area contributed by atoms with Crippen LogP contribution in [0, 0.1) is 0 Å². The molecule has 2 aromatic carbocycles. The van der Waals surface area contributed by atoms with Crippen LogP contribution in [0.3, 0.4) is 0 Å². The van der Waals surface area contributed by atoms with Crippen LogP contribution in [-0.4, -0.2) is 54.5 Å². The van der Waals surface area contributed by atoms with E-state index < -0.39 is 6.04 Å². The van der Waals surface area contributed by atoms with Gasteiger partial charge in [-0.1, -0.05) is 41.6 Å². The van der Waals surface area contributed by atoms with Crippen molar-refractivity contribution in [1.29, 1.82) is 0 Å². The number of ether oxygens (including phenoxy) is 1. The van der Waals surface area contributed by atoms with Crippen molar-refractivity contribution in [2.75, 3.05) is 26.7 Å². The van der Waals surface area contributed by atoms with Gasteiger partial charge >= 0.3 is 0 Å². The fraction of sp³-hybridized carbons (Fsp3) is 0.379. The average Bonchev–Trinajstić information content (AvgIpc) is 3.42. The van der Waals surface area contributed by atoms with Crippen LogP contribution in [0.25, 0.3) is 10.8 Å². The maximum absolute atomic E-state index is 13.7. The van der Waals surface area contributed by atoms with Gasteiger partial charge in [-0.05, 0) is 49.6 Å². The fourth-order valence-corrected chi connectivity index (χ4v) is 4.24. The van der Waals surface area contributed by atoms with Crippen LogP contribution < -0.4 is 15.4 Å². The first-order valence-electron chi connectivity index (χ1n) is 12.8. The second-order valence-electron chi connectivity index (χ2n) is 9.20. The van der Waals surface area contributed by atoms with E-state index in [1.165, 1.54) is 6.26 Å². The highest BCUT2D eigenvalue weighted by Gasteiger charge is 2.33. The number of carbonyl (C=O) groups excluding carboxylic acids is 3. The minimum atomic E-state index is -0.967. The summed E-state index contributed by atoms with van der Waals surface area (Å²) in [7, 11) is 1.55. The molecule has 0 fully saturated rings. The summed E-state index contributed by atoms with van der Waals surface area (Å²) in [6.45, 7) is 8.59. The van der Waals surface area contributed by atoms with Crippen LogP contribution in [0.1, 0.15) is 50.3 Å². The van der Waals surface area contributed by atoms with Gasteiger partial charge in [0.05, 0.1) is 13.3 Å². The number of methoxy groups -OCH3 is 1. The van der Waals surface area contributed by atoms with E-state index in [4.69, 9.17) is 9.26 Å². The molecule has 3 aromatic rings. The number of aromatic nitrogens is 1. The van der Waals surface area contributed by atoms with Crippen LogP contribution in [0.5, 0.6) is 5.75 Å². The van der Waals surface area contributed by atoms with Gasteiger partial charge < -0.3 is 24.8 Å². The molecule has 1 atom stereocenters. The van der Waals surface area contributed by atoms with E-state index in [1.807, 2.05) is 50.2 Å². The van der Waals surface area contributed by atoms with Crippen LogP contribution >= 0.6 is 0 Å². The van der Waals surface area contributed by atoms with Gasteiger partial charge in [0.15, 0.2) is 0 Å². The van der Waals surface area contributed by atoms with E-state index in [9.17, 15) is 14.4 Å². The largest absolute Gasteiger partial charge is 0.496 e. The second kappa shape index (κ2) is 14.0. The number of benzene rings is 2. The molecule has 3 amide bonds. The molecule has 0 bridgehead atoms. The summed E-state index contributed by atoms with van der Waals surface area (Å²) in [6.07, 6.45) is 4.25. The van der Waals surface area contributed by atoms with Crippen molar-refractivity contribution in [1.82, 2.24) is 20.7 Å². The lowest BCUT2D eigenvalue weighted by molar-refractivity contribution is -0.141. The molecular weight excluding hydrogens is 484 g/mol. The zero-order valence-corrected chi connectivity index (χ0v) is 22.3. The summed E-state index contributed by atoms with van der Waals surface area (Å²) in [5, 5.41) is 11.3. The second-order valence-corrected chi connectivity index (χ2v) is 9.20. The van der Waals surface area contributed by atoms with Gasteiger partial charge in [0.2, 0.25) is 17.7 Å². The lowest BCUT2D eigenvalue weighted by Crippen LogP contribution is -2.45. The molecule has 1 aromatic heterocycles. The Labute approximate surface area is 223 Å². The molecule has 0 aliphatic heterocycles. The Morgan fingerprint density at radius 1 is 1.13 bits per heavy atom. The van der Waals surface area contributed by atoms with E-state index in [1.54, 1.807) is 18.2 Å². The Balaban J connectivity index is 2.01. The number of rotatable bonds is 14. The van der Waals surface area contributed by atoms with Gasteiger partial charge in [-0.2, -0.15) is 0 Å². The van der Waals surface area contributed by atoms with Crippen LogP contribution in [-0.2, 0) is 20.8 Å². The molecule has 38 heavy (non-hydrogen) atoms. The predicted molar refractivity (Wildman–Crippen MR) is 146 cm³/mol. The smallest absolute Gasteiger partial charge is 0.247 e. The number of fused-ring (bicyclic) bond motifs is 1. The molecule has 0 saturated carbocycles. The maximum atomic E-state index is 13.7. The Morgan fingerprint density at radius 3 is 2.50 bits per heavy atom. The van der Waals surface area contributed by atoms with E-state index in [2.05, 4.69) is 22.4 Å². The van der Waals surface area contributed by atoms with Gasteiger partial charge in [0.1, 0.15) is 18.1 Å². The van der Waals surface area contributed by atoms with Gasteiger partial charge in [-0.25, -0.2) is 0 Å². The molecule has 0 radical (unpaired) electrons. The number of hydrogen-bond acceptors (Lipinski definition) is 6. The minimum Gasteiger partial charge on any atom is -0.496 e. The van der Waals surface area contributed by atoms with Gasteiger partial charge in [-0.15, -0.1) is 0 Å². The number of amides is 3. The predicted octanol–water partition coefficient (Wildman–Crippen LogP) is 3.95. The average molecular weight is 521 g/mol. The third-order valence-electron chi connectivity index (χ3n) is 6.13. The van der Waals surface area contributed by atoms with Crippen LogP contribution in [0.4, 0.5) is 0 Å². The quantitative estimate of drug-likeness (QED) is 0.311. The van der Waals surface area contributed by atoms with Crippen LogP contribution in [0.2, 0.25) is 0 Å². The molecule has 3 rings (SSSR count). The fourth-order valence-electron chi connectivity index (χ4n) is 4.24. The highest BCUT2D eigenvalue weighted by Crippen LogP contribution is 2.34. The minimum absolute atomic E-state index is 0.108. The van der Waals surface area contributed by atoms with Crippen molar-refractivity contribution in [3.8, 4) is 5.75 Å². The van der Waals surface area contributed by atoms with E-state index in [0.717, 1.165) is 21.9 Å². The first kappa shape index (κ1) is 28.4. The molecule has 0 aliphatic carbocycles. The first-order valence-corrected chi connectivity index (χ1v) is 12.8. The number of carbonyl (C=O) groups is 3. The summed E-state index contributed by atoms with van der Waals surface area (Å²) in [5.74, 6) is -0.187. The van der Waals surface area contributed by atoms with Gasteiger partial charge in [0.25, 0.3) is 0 Å². The van der Waals surface area contributed by atoms with E-state index >= 15 is 0 Å². The zero-order valence-electron chi connectivity index (χ0n) is 22.3. The molecule has 9 nitrogen and oxygen atoms in total. The molecular formula is C29H36N4O5. The summed E-state index contributed by atoms with van der Waals surface area (Å²) in [5.41, 5.74) is 2.16. The van der Waals surface area contributed by atoms with E-state index in [-0.39, 0.29) is 43.7 Å². The standard InChI is InChI=1S/C29H36N4O5/c1-5-30-26(34)11-8-12-27(35)33(14-13-21-18-32-38-19-21)28(29(36)31-17-20(2)3)24-15-22-9-6-7-10-23(22)16-25(24)37-4/h6-7,9-10,15-16,18-19,28H,2,5,8,11-14,17H2,1,3-4H3,(H,30,34)(H,31,36). The van der Waals surface area contributed by atoms with Gasteiger partial charge in [0, 0.05) is 43.6 Å². The third kappa shape index (κ3) is 7.68.